The highest BCUT2D eigenvalue weighted by molar-refractivity contribution is 5.95. The molecule has 0 saturated carbocycles. The Balaban J connectivity index is 1.40. The molecule has 0 aliphatic carbocycles. The predicted octanol–water partition coefficient (Wildman–Crippen LogP) is 5.41. The van der Waals surface area contributed by atoms with Gasteiger partial charge in [-0.1, -0.05) is 54.6 Å². The van der Waals surface area contributed by atoms with Crippen molar-refractivity contribution in [2.45, 2.75) is 38.7 Å². The van der Waals surface area contributed by atoms with Crippen LogP contribution in [0.1, 0.15) is 34.7 Å². The molecule has 13 heteroatoms. The molecule has 3 aromatic carbocycles. The van der Waals surface area contributed by atoms with Crippen LogP contribution >= 0.6 is 0 Å². The zero-order valence-electron chi connectivity index (χ0n) is 30.8. The number of halogens is 3. The monoisotopic (exact) mass is 741 g/mol. The number of nitrogens with zero attached hydrogens (tertiary/aromatic N) is 7. The fourth-order valence-corrected chi connectivity index (χ4v) is 6.33. The number of carbonyl (C=O) groups is 3. The number of rotatable bonds is 14. The zero-order valence-corrected chi connectivity index (χ0v) is 30.8. The van der Waals surface area contributed by atoms with Gasteiger partial charge in [0, 0.05) is 102 Å². The highest BCUT2D eigenvalue weighted by Gasteiger charge is 2.32. The molecule has 54 heavy (non-hydrogen) atoms. The average Bonchev–Trinajstić information content (AvgIpc) is 3.18. The van der Waals surface area contributed by atoms with E-state index in [0.717, 1.165) is 34.5 Å². The van der Waals surface area contributed by atoms with Gasteiger partial charge in [-0.3, -0.25) is 14.4 Å². The van der Waals surface area contributed by atoms with Crippen molar-refractivity contribution < 1.29 is 27.6 Å². The summed E-state index contributed by atoms with van der Waals surface area (Å²) in [4.78, 5) is 57.8. The summed E-state index contributed by atoms with van der Waals surface area (Å²) in [6.45, 7) is 5.90. The molecule has 0 N–H and O–H groups in total. The fourth-order valence-electron chi connectivity index (χ4n) is 6.33. The fraction of sp³-hybridized carbons (Fsp3) is 0.341. The zero-order chi connectivity index (χ0) is 38.7. The first-order valence-electron chi connectivity index (χ1n) is 17.8. The van der Waals surface area contributed by atoms with Gasteiger partial charge in [0.15, 0.2) is 0 Å². The van der Waals surface area contributed by atoms with Gasteiger partial charge in [0.2, 0.25) is 17.7 Å². The lowest BCUT2D eigenvalue weighted by atomic mass is 10.0. The molecule has 1 aliphatic heterocycles. The average molecular weight is 742 g/mol. The molecule has 1 aromatic heterocycles. The molecular formula is C41H46F3N7O3. The van der Waals surface area contributed by atoms with Crippen LogP contribution in [0.3, 0.4) is 0 Å². The molecular weight excluding hydrogens is 695 g/mol. The summed E-state index contributed by atoms with van der Waals surface area (Å²) in [5.74, 6) is -0.642. The van der Waals surface area contributed by atoms with E-state index in [9.17, 15) is 27.6 Å². The van der Waals surface area contributed by atoms with E-state index >= 15 is 0 Å². The lowest BCUT2D eigenvalue weighted by Crippen LogP contribution is -2.51. The number of amides is 3. The van der Waals surface area contributed by atoms with Crippen molar-refractivity contribution in [2.24, 2.45) is 0 Å². The van der Waals surface area contributed by atoms with E-state index < -0.39 is 23.7 Å². The van der Waals surface area contributed by atoms with Crippen molar-refractivity contribution in [3.8, 4) is 0 Å². The molecule has 0 radical (unpaired) electrons. The van der Waals surface area contributed by atoms with Crippen molar-refractivity contribution in [3.05, 3.63) is 131 Å². The van der Waals surface area contributed by atoms with Crippen LogP contribution in [-0.2, 0) is 40.1 Å². The Hall–Kier alpha value is -5.56. The minimum Gasteiger partial charge on any atom is -0.368 e. The van der Waals surface area contributed by atoms with E-state index in [-0.39, 0.29) is 24.8 Å². The topological polar surface area (TPSA) is 93.2 Å². The third kappa shape index (κ3) is 11.2. The Morgan fingerprint density at radius 2 is 1.44 bits per heavy atom. The summed E-state index contributed by atoms with van der Waals surface area (Å²) in [5, 5.41) is 0. The van der Waals surface area contributed by atoms with Crippen LogP contribution in [0.2, 0.25) is 0 Å². The lowest BCUT2D eigenvalue weighted by Gasteiger charge is -2.36. The first kappa shape index (κ1) is 39.6. The van der Waals surface area contributed by atoms with Crippen molar-refractivity contribution in [2.75, 3.05) is 58.3 Å². The molecule has 1 aliphatic rings. The first-order chi connectivity index (χ1) is 25.9. The highest BCUT2D eigenvalue weighted by Crippen LogP contribution is 2.29. The number of hydrogen-bond acceptors (Lipinski definition) is 7. The molecule has 0 unspecified atom stereocenters. The summed E-state index contributed by atoms with van der Waals surface area (Å²) in [5.41, 5.74) is 3.24. The second-order valence-corrected chi connectivity index (χ2v) is 13.5. The van der Waals surface area contributed by atoms with Gasteiger partial charge in [-0.15, -0.1) is 0 Å². The van der Waals surface area contributed by atoms with Crippen LogP contribution in [0.15, 0.2) is 104 Å². The summed E-state index contributed by atoms with van der Waals surface area (Å²) in [7, 11) is 3.67. The number of benzene rings is 3. The Morgan fingerprint density at radius 1 is 0.796 bits per heavy atom. The maximum Gasteiger partial charge on any atom is 0.416 e. The predicted molar refractivity (Wildman–Crippen MR) is 202 cm³/mol. The van der Waals surface area contributed by atoms with E-state index in [2.05, 4.69) is 19.8 Å². The van der Waals surface area contributed by atoms with Gasteiger partial charge in [0.1, 0.15) is 12.4 Å². The molecule has 1 atom stereocenters. The third-order valence-corrected chi connectivity index (χ3v) is 9.51. The van der Waals surface area contributed by atoms with E-state index in [0.29, 0.717) is 51.4 Å². The van der Waals surface area contributed by atoms with Crippen molar-refractivity contribution >= 4 is 29.5 Å². The minimum absolute atomic E-state index is 0.0571. The summed E-state index contributed by atoms with van der Waals surface area (Å²) < 4.78 is 39.6. The SMILES string of the molecule is CC(=O)N1CCN(c2ccc(CN(C(=O)/C=C/c3ccc(C(F)(F)F)cc3)[C@@H](Cc3ccccc3)C(=O)N(C)CCN(C)Cc3cncnc3)cc2)CC1. The molecule has 0 spiro atoms. The molecule has 5 rings (SSSR count). The summed E-state index contributed by atoms with van der Waals surface area (Å²) in [6.07, 6.45) is 3.52. The Labute approximate surface area is 314 Å². The van der Waals surface area contributed by atoms with E-state index in [4.69, 9.17) is 0 Å². The standard InChI is InChI=1S/C41H46F3N7O3/c1-31(52)49-21-23-50(24-22-49)37-16-11-34(12-17-37)29-51(39(53)18-13-32-9-14-36(15-10-32)41(42,43)44)38(25-33-7-5-4-6-8-33)40(54)48(3)20-19-47(2)28-35-26-45-30-46-27-35/h4-18,26-27,30,38H,19-25,28-29H2,1-3H3/b18-13+/t38-/m0/s1. The number of aromatic nitrogens is 2. The first-order valence-corrected chi connectivity index (χ1v) is 17.8. The van der Waals surface area contributed by atoms with Gasteiger partial charge in [0.05, 0.1) is 5.56 Å². The van der Waals surface area contributed by atoms with Crippen molar-refractivity contribution in [3.63, 3.8) is 0 Å². The van der Waals surface area contributed by atoms with Crippen LogP contribution < -0.4 is 4.90 Å². The maximum atomic E-state index is 14.4. The second kappa shape index (κ2) is 18.5. The van der Waals surface area contributed by atoms with E-state index in [1.165, 1.54) is 35.5 Å². The lowest BCUT2D eigenvalue weighted by molar-refractivity contribution is -0.143. The Morgan fingerprint density at radius 3 is 2.06 bits per heavy atom. The highest BCUT2D eigenvalue weighted by atomic mass is 19.4. The van der Waals surface area contributed by atoms with Gasteiger partial charge in [-0.2, -0.15) is 13.2 Å². The number of alkyl halides is 3. The molecule has 3 amide bonds. The summed E-state index contributed by atoms with van der Waals surface area (Å²) >= 11 is 0. The largest absolute Gasteiger partial charge is 0.416 e. The van der Waals surface area contributed by atoms with Gasteiger partial charge in [-0.25, -0.2) is 9.97 Å². The molecule has 4 aromatic rings. The van der Waals surface area contributed by atoms with Gasteiger partial charge in [0.25, 0.3) is 0 Å². The quantitative estimate of drug-likeness (QED) is 0.160. The minimum atomic E-state index is -4.48. The normalized spacial score (nSPS) is 14.0. The molecule has 2 heterocycles. The number of likely N-dealkylation sites (N-methyl/N-ethyl adjacent to an activating group) is 2. The number of carbonyl (C=O) groups excluding carboxylic acids is 3. The Kier molecular flexibility index (Phi) is 13.6. The Bertz CT molecular complexity index is 1850. The van der Waals surface area contributed by atoms with Crippen LogP contribution in [0, 0.1) is 0 Å². The number of anilines is 1. The molecule has 1 fully saturated rings. The number of piperazine rings is 1. The van der Waals surface area contributed by atoms with Crippen LogP contribution in [0.5, 0.6) is 0 Å². The molecule has 10 nitrogen and oxygen atoms in total. The van der Waals surface area contributed by atoms with E-state index in [1.807, 2.05) is 66.5 Å². The van der Waals surface area contributed by atoms with Gasteiger partial charge >= 0.3 is 6.18 Å². The smallest absolute Gasteiger partial charge is 0.368 e. The van der Waals surface area contributed by atoms with Gasteiger partial charge < -0.3 is 24.5 Å². The van der Waals surface area contributed by atoms with E-state index in [1.54, 1.807) is 31.3 Å². The van der Waals surface area contributed by atoms with Gasteiger partial charge in [-0.05, 0) is 54.1 Å². The third-order valence-electron chi connectivity index (χ3n) is 9.51. The number of hydrogen-bond donors (Lipinski definition) is 0. The molecule has 284 valence electrons. The molecule has 1 saturated heterocycles. The molecule has 0 bridgehead atoms. The maximum absolute atomic E-state index is 14.4. The summed E-state index contributed by atoms with van der Waals surface area (Å²) in [6, 6.07) is 21.0. The van der Waals surface area contributed by atoms with Crippen molar-refractivity contribution in [1.29, 1.82) is 0 Å². The van der Waals surface area contributed by atoms with Crippen molar-refractivity contribution in [1.82, 2.24) is 29.6 Å². The second-order valence-electron chi connectivity index (χ2n) is 13.5. The van der Waals surface area contributed by atoms with Crippen LogP contribution in [0.25, 0.3) is 6.08 Å². The van der Waals surface area contributed by atoms with Crippen LogP contribution in [-0.4, -0.2) is 107 Å². The van der Waals surface area contributed by atoms with Crippen LogP contribution in [0.4, 0.5) is 18.9 Å².